The van der Waals surface area contributed by atoms with Gasteiger partial charge in [0.15, 0.2) is 10.6 Å². The first-order chi connectivity index (χ1) is 14.5. The monoisotopic (exact) mass is 458 g/mol. The quantitative estimate of drug-likeness (QED) is 0.342. The molecule has 0 saturated carbocycles. The van der Waals surface area contributed by atoms with Crippen LogP contribution < -0.4 is 16.8 Å². The van der Waals surface area contributed by atoms with Crippen LogP contribution in [0.25, 0.3) is 16.0 Å². The second-order valence-corrected chi connectivity index (χ2v) is 10.2. The van der Waals surface area contributed by atoms with E-state index in [4.69, 9.17) is 0 Å². The predicted molar refractivity (Wildman–Crippen MR) is 122 cm³/mol. The topological polar surface area (TPSA) is 104 Å². The van der Waals surface area contributed by atoms with Crippen molar-refractivity contribution >= 4 is 39.1 Å². The van der Waals surface area contributed by atoms with E-state index in [-0.39, 0.29) is 16.4 Å². The van der Waals surface area contributed by atoms with Gasteiger partial charge in [-0.1, -0.05) is 32.5 Å². The van der Waals surface area contributed by atoms with Crippen LogP contribution in [-0.4, -0.2) is 28.5 Å². The van der Waals surface area contributed by atoms with Crippen molar-refractivity contribution in [3.8, 4) is 0 Å². The summed E-state index contributed by atoms with van der Waals surface area (Å²) in [5.74, 6) is 0.882. The number of rotatable bonds is 3. The largest absolute Gasteiger partial charge is 0.332 e. The van der Waals surface area contributed by atoms with Crippen LogP contribution in [0.2, 0.25) is 0 Å². The Hall–Kier alpha value is -2.79. The molecule has 0 atom stereocenters. The minimum Gasteiger partial charge on any atom is -0.280 e. The van der Waals surface area contributed by atoms with Gasteiger partial charge in [-0.25, -0.2) is 19.7 Å². The van der Waals surface area contributed by atoms with Gasteiger partial charge in [-0.3, -0.25) is 23.1 Å². The highest BCUT2D eigenvalue weighted by Gasteiger charge is 2.23. The molecule has 0 aliphatic heterocycles. The molecule has 162 valence electrons. The molecule has 4 heterocycles. The Bertz CT molecular complexity index is 1520. The summed E-state index contributed by atoms with van der Waals surface area (Å²) in [5, 5.41) is 2.64. The summed E-state index contributed by atoms with van der Waals surface area (Å²) in [6.45, 7) is 7.77. The van der Waals surface area contributed by atoms with Crippen molar-refractivity contribution in [2.24, 2.45) is 14.1 Å². The first-order valence-corrected chi connectivity index (χ1v) is 11.4. The van der Waals surface area contributed by atoms with Gasteiger partial charge in [-0.2, -0.15) is 0 Å². The van der Waals surface area contributed by atoms with Crippen molar-refractivity contribution in [1.82, 2.24) is 28.5 Å². The molecule has 4 rings (SSSR count). The fourth-order valence-electron chi connectivity index (χ4n) is 3.19. The lowest BCUT2D eigenvalue weighted by molar-refractivity contribution is 0.539. The van der Waals surface area contributed by atoms with E-state index in [9.17, 15) is 14.4 Å². The number of nitrogens with zero attached hydrogens (tertiary/aromatic N) is 6. The molecule has 11 heteroatoms. The Labute approximate surface area is 185 Å². The first kappa shape index (κ1) is 21.4. The Morgan fingerprint density at radius 1 is 1.06 bits per heavy atom. The summed E-state index contributed by atoms with van der Waals surface area (Å²) >= 11 is 2.71. The van der Waals surface area contributed by atoms with E-state index < -0.39 is 11.2 Å². The van der Waals surface area contributed by atoms with Crippen LogP contribution in [0.3, 0.4) is 0 Å². The van der Waals surface area contributed by atoms with E-state index in [0.717, 1.165) is 10.3 Å². The summed E-state index contributed by atoms with van der Waals surface area (Å²) < 4.78 is 3.99. The summed E-state index contributed by atoms with van der Waals surface area (Å²) in [6.07, 6.45) is 0. The maximum Gasteiger partial charge on any atom is 0.332 e. The predicted octanol–water partition coefficient (Wildman–Crippen LogP) is 1.99. The zero-order valence-electron chi connectivity index (χ0n) is 18.1. The fraction of sp³-hybridized carbons (Fsp3) is 0.400. The van der Waals surface area contributed by atoms with Crippen LogP contribution in [0.4, 0.5) is 0 Å². The van der Waals surface area contributed by atoms with Gasteiger partial charge in [0.1, 0.15) is 16.2 Å². The van der Waals surface area contributed by atoms with Gasteiger partial charge < -0.3 is 0 Å². The SMILES string of the molecule is Cc1csc2nc(CSc3nc(C(C)(C)C)nc4c3c(=O)n(C)c(=O)n4C)cc(=O)n12. The minimum atomic E-state index is -0.446. The molecule has 0 N–H and O–H groups in total. The van der Waals surface area contributed by atoms with E-state index in [1.54, 1.807) is 11.4 Å². The molecule has 0 aromatic carbocycles. The van der Waals surface area contributed by atoms with Gasteiger partial charge in [-0.15, -0.1) is 11.3 Å². The van der Waals surface area contributed by atoms with E-state index in [1.165, 1.54) is 40.8 Å². The molecule has 0 saturated heterocycles. The first-order valence-electron chi connectivity index (χ1n) is 9.57. The summed E-state index contributed by atoms with van der Waals surface area (Å²) in [7, 11) is 3.03. The molecular weight excluding hydrogens is 436 g/mol. The highest BCUT2D eigenvalue weighted by Crippen LogP contribution is 2.28. The number of thioether (sulfide) groups is 1. The van der Waals surface area contributed by atoms with E-state index >= 15 is 0 Å². The van der Waals surface area contributed by atoms with Crippen LogP contribution in [0.1, 0.15) is 38.0 Å². The molecule has 0 aliphatic carbocycles. The smallest absolute Gasteiger partial charge is 0.280 e. The molecule has 31 heavy (non-hydrogen) atoms. The molecular formula is C20H22N6O3S2. The lowest BCUT2D eigenvalue weighted by Gasteiger charge is -2.19. The van der Waals surface area contributed by atoms with Gasteiger partial charge in [0, 0.05) is 42.4 Å². The van der Waals surface area contributed by atoms with Crippen LogP contribution >= 0.6 is 23.1 Å². The maximum absolute atomic E-state index is 12.9. The molecule has 4 aromatic rings. The molecule has 0 unspecified atom stereocenters. The van der Waals surface area contributed by atoms with E-state index in [0.29, 0.717) is 32.9 Å². The van der Waals surface area contributed by atoms with E-state index in [2.05, 4.69) is 15.0 Å². The van der Waals surface area contributed by atoms with Crippen molar-refractivity contribution in [1.29, 1.82) is 0 Å². The van der Waals surface area contributed by atoms with Crippen molar-refractivity contribution in [3.05, 3.63) is 59.9 Å². The lowest BCUT2D eigenvalue weighted by Crippen LogP contribution is -2.38. The Morgan fingerprint density at radius 2 is 1.77 bits per heavy atom. The number of fused-ring (bicyclic) bond motifs is 2. The molecule has 0 radical (unpaired) electrons. The summed E-state index contributed by atoms with van der Waals surface area (Å²) in [4.78, 5) is 52.2. The summed E-state index contributed by atoms with van der Waals surface area (Å²) in [6, 6.07) is 1.50. The third kappa shape index (κ3) is 3.61. The van der Waals surface area contributed by atoms with Crippen molar-refractivity contribution in [3.63, 3.8) is 0 Å². The van der Waals surface area contributed by atoms with E-state index in [1.807, 2.05) is 33.1 Å². The number of aryl methyl sites for hydroxylation is 2. The minimum absolute atomic E-state index is 0.138. The maximum atomic E-state index is 12.9. The standard InChI is InChI=1S/C20H22N6O3S2/c1-10-8-31-18-21-11(7-12(27)26(10)18)9-30-15-13-14(22-17(23-15)20(2,3)4)24(5)19(29)25(6)16(13)28/h7-8H,9H2,1-6H3. The van der Waals surface area contributed by atoms with Crippen molar-refractivity contribution in [2.75, 3.05) is 0 Å². The molecule has 0 amide bonds. The van der Waals surface area contributed by atoms with Gasteiger partial charge in [0.05, 0.1) is 5.69 Å². The zero-order chi connectivity index (χ0) is 22.7. The van der Waals surface area contributed by atoms with Gasteiger partial charge in [0.25, 0.3) is 11.1 Å². The second kappa shape index (κ2) is 7.41. The molecule has 0 bridgehead atoms. The van der Waals surface area contributed by atoms with Gasteiger partial charge >= 0.3 is 5.69 Å². The number of thiazole rings is 1. The second-order valence-electron chi connectivity index (χ2n) is 8.38. The third-order valence-electron chi connectivity index (χ3n) is 4.92. The zero-order valence-corrected chi connectivity index (χ0v) is 19.7. The molecule has 9 nitrogen and oxygen atoms in total. The van der Waals surface area contributed by atoms with Crippen LogP contribution in [0.15, 0.2) is 30.9 Å². The normalized spacial score (nSPS) is 12.2. The van der Waals surface area contributed by atoms with Gasteiger partial charge in [0.2, 0.25) is 0 Å². The fourth-order valence-corrected chi connectivity index (χ4v) is 4.98. The Morgan fingerprint density at radius 3 is 2.45 bits per heavy atom. The summed E-state index contributed by atoms with van der Waals surface area (Å²) in [5.41, 5.74) is 0.331. The number of aromatic nitrogens is 6. The average molecular weight is 459 g/mol. The molecule has 0 fully saturated rings. The molecule has 4 aromatic heterocycles. The highest BCUT2D eigenvalue weighted by atomic mass is 32.2. The van der Waals surface area contributed by atoms with Crippen molar-refractivity contribution in [2.45, 2.75) is 43.9 Å². The number of hydrogen-bond acceptors (Lipinski definition) is 8. The van der Waals surface area contributed by atoms with Crippen LogP contribution in [0, 0.1) is 6.92 Å². The van der Waals surface area contributed by atoms with Crippen LogP contribution in [-0.2, 0) is 25.3 Å². The van der Waals surface area contributed by atoms with Crippen LogP contribution in [0.5, 0.6) is 0 Å². The lowest BCUT2D eigenvalue weighted by atomic mass is 9.96. The number of hydrogen-bond donors (Lipinski definition) is 0. The average Bonchev–Trinajstić information content (AvgIpc) is 3.08. The highest BCUT2D eigenvalue weighted by molar-refractivity contribution is 7.98. The third-order valence-corrected chi connectivity index (χ3v) is 6.88. The molecule has 0 spiro atoms. The Kier molecular flexibility index (Phi) is 5.13. The van der Waals surface area contributed by atoms with Gasteiger partial charge in [-0.05, 0) is 6.92 Å². The Balaban J connectivity index is 1.87. The molecule has 0 aliphatic rings. The van der Waals surface area contributed by atoms with Crippen molar-refractivity contribution < 1.29 is 0 Å².